The van der Waals surface area contributed by atoms with Crippen LogP contribution >= 0.6 is 0 Å². The number of aromatic nitrogens is 1. The van der Waals surface area contributed by atoms with Gasteiger partial charge in [0.1, 0.15) is 7.05 Å². The standard InChI is InChI=1S/C21H26NSi/c1-15-7-8-16(2)20(13-15)21-19-10-9-18(23(4,5)6)14-17(19)11-12-22(21)3/h7-14H,1-6H3/q+1. The minimum Gasteiger partial charge on any atom is -0.200 e. The fourth-order valence-electron chi connectivity index (χ4n) is 3.17. The molecule has 1 nitrogen and oxygen atoms in total. The molecule has 2 heteroatoms. The SMILES string of the molecule is Cc1ccc(C)c(-c2c3ccc([Si](C)(C)C)cc3cc[n+]2C)c1. The van der Waals surface area contributed by atoms with Crippen LogP contribution < -0.4 is 9.75 Å². The van der Waals surface area contributed by atoms with Gasteiger partial charge < -0.3 is 0 Å². The highest BCUT2D eigenvalue weighted by Crippen LogP contribution is 2.28. The highest BCUT2D eigenvalue weighted by molar-refractivity contribution is 6.88. The van der Waals surface area contributed by atoms with Gasteiger partial charge in [-0.2, -0.15) is 0 Å². The van der Waals surface area contributed by atoms with E-state index in [1.54, 1.807) is 0 Å². The average molecular weight is 321 g/mol. The van der Waals surface area contributed by atoms with E-state index in [0.29, 0.717) is 0 Å². The van der Waals surface area contributed by atoms with E-state index >= 15 is 0 Å². The molecule has 0 amide bonds. The highest BCUT2D eigenvalue weighted by atomic mass is 28.3. The van der Waals surface area contributed by atoms with Crippen molar-refractivity contribution in [3.63, 3.8) is 0 Å². The predicted molar refractivity (Wildman–Crippen MR) is 103 cm³/mol. The summed E-state index contributed by atoms with van der Waals surface area (Å²) in [6.45, 7) is 11.6. The summed E-state index contributed by atoms with van der Waals surface area (Å²) >= 11 is 0. The van der Waals surface area contributed by atoms with E-state index < -0.39 is 8.07 Å². The zero-order chi connectivity index (χ0) is 16.8. The van der Waals surface area contributed by atoms with Gasteiger partial charge in [-0.05, 0) is 36.9 Å². The Morgan fingerprint density at radius 1 is 0.870 bits per heavy atom. The molecule has 0 N–H and O–H groups in total. The Kier molecular flexibility index (Phi) is 3.89. The van der Waals surface area contributed by atoms with Crippen LogP contribution in [0, 0.1) is 13.8 Å². The van der Waals surface area contributed by atoms with Gasteiger partial charge >= 0.3 is 0 Å². The highest BCUT2D eigenvalue weighted by Gasteiger charge is 2.20. The molecule has 118 valence electrons. The molecule has 0 saturated heterocycles. The van der Waals surface area contributed by atoms with E-state index in [9.17, 15) is 0 Å². The first-order valence-corrected chi connectivity index (χ1v) is 11.8. The van der Waals surface area contributed by atoms with Gasteiger partial charge in [0.05, 0.1) is 13.5 Å². The molecule has 0 radical (unpaired) electrons. The molecule has 0 fully saturated rings. The van der Waals surface area contributed by atoms with E-state index in [1.807, 2.05) is 0 Å². The molecule has 0 spiro atoms. The lowest BCUT2D eigenvalue weighted by atomic mass is 9.98. The van der Waals surface area contributed by atoms with Crippen LogP contribution in [0.1, 0.15) is 11.1 Å². The smallest absolute Gasteiger partial charge is 0.200 e. The Hall–Kier alpha value is -1.93. The van der Waals surface area contributed by atoms with E-state index in [-0.39, 0.29) is 0 Å². The van der Waals surface area contributed by atoms with E-state index in [2.05, 4.69) is 93.8 Å². The first kappa shape index (κ1) is 15.9. The number of aryl methyl sites for hydroxylation is 3. The molecule has 1 aromatic heterocycles. The maximum absolute atomic E-state index is 2.41. The van der Waals surface area contributed by atoms with Crippen LogP contribution in [-0.2, 0) is 7.05 Å². The number of fused-ring (bicyclic) bond motifs is 1. The van der Waals surface area contributed by atoms with Gasteiger partial charge in [0.15, 0.2) is 6.20 Å². The monoisotopic (exact) mass is 320 g/mol. The molecule has 3 rings (SSSR count). The van der Waals surface area contributed by atoms with Crippen molar-refractivity contribution in [2.75, 3.05) is 0 Å². The Bertz CT molecular complexity index is 888. The van der Waals surface area contributed by atoms with E-state index in [4.69, 9.17) is 0 Å². The van der Waals surface area contributed by atoms with E-state index in [1.165, 1.54) is 38.3 Å². The predicted octanol–water partition coefficient (Wildman–Crippen LogP) is 4.49. The zero-order valence-electron chi connectivity index (χ0n) is 15.1. The normalized spacial score (nSPS) is 11.9. The maximum Gasteiger partial charge on any atom is 0.220 e. The summed E-state index contributed by atoms with van der Waals surface area (Å²) in [6, 6.07) is 16.0. The minimum atomic E-state index is -1.29. The van der Waals surface area contributed by atoms with Crippen LogP contribution in [0.15, 0.2) is 48.7 Å². The summed E-state index contributed by atoms with van der Waals surface area (Å²) in [5.74, 6) is 0. The summed E-state index contributed by atoms with van der Waals surface area (Å²) in [4.78, 5) is 0. The largest absolute Gasteiger partial charge is 0.220 e. The van der Waals surface area contributed by atoms with Gasteiger partial charge in [-0.1, -0.05) is 54.7 Å². The van der Waals surface area contributed by atoms with Crippen molar-refractivity contribution in [1.82, 2.24) is 0 Å². The van der Waals surface area contributed by atoms with Crippen molar-refractivity contribution < 1.29 is 4.57 Å². The summed E-state index contributed by atoms with van der Waals surface area (Å²) < 4.78 is 2.25. The lowest BCUT2D eigenvalue weighted by molar-refractivity contribution is -0.659. The van der Waals surface area contributed by atoms with Crippen molar-refractivity contribution in [2.24, 2.45) is 7.05 Å². The lowest BCUT2D eigenvalue weighted by Gasteiger charge is -2.17. The maximum atomic E-state index is 2.41. The molecule has 3 aromatic rings. The average Bonchev–Trinajstić information content (AvgIpc) is 2.48. The number of rotatable bonds is 2. The second-order valence-electron chi connectivity index (χ2n) is 7.65. The van der Waals surface area contributed by atoms with Crippen LogP contribution in [-0.4, -0.2) is 8.07 Å². The molecule has 0 bridgehead atoms. The third-order valence-corrected chi connectivity index (χ3v) is 6.69. The molecule has 0 aliphatic heterocycles. The van der Waals surface area contributed by atoms with Crippen molar-refractivity contribution in [2.45, 2.75) is 33.5 Å². The van der Waals surface area contributed by atoms with Crippen LogP contribution in [0.4, 0.5) is 0 Å². The van der Waals surface area contributed by atoms with Gasteiger partial charge in [0.2, 0.25) is 5.69 Å². The Morgan fingerprint density at radius 2 is 1.61 bits per heavy atom. The number of nitrogens with zero attached hydrogens (tertiary/aromatic N) is 1. The van der Waals surface area contributed by atoms with Crippen LogP contribution in [0.5, 0.6) is 0 Å². The number of pyridine rings is 1. The fourth-order valence-corrected chi connectivity index (χ4v) is 4.34. The van der Waals surface area contributed by atoms with Crippen LogP contribution in [0.3, 0.4) is 0 Å². The van der Waals surface area contributed by atoms with Crippen molar-refractivity contribution in [3.05, 3.63) is 59.8 Å². The molecule has 2 aromatic carbocycles. The number of hydrogen-bond acceptors (Lipinski definition) is 0. The summed E-state index contributed by atoms with van der Waals surface area (Å²) in [5, 5.41) is 4.20. The van der Waals surface area contributed by atoms with Gasteiger partial charge in [0.25, 0.3) is 0 Å². The summed E-state index contributed by atoms with van der Waals surface area (Å²) in [7, 11) is 0.854. The Balaban J connectivity index is 2.32. The number of hydrogen-bond donors (Lipinski definition) is 0. The first-order valence-electron chi connectivity index (χ1n) is 8.28. The van der Waals surface area contributed by atoms with Crippen molar-refractivity contribution in [3.8, 4) is 11.3 Å². The lowest BCUT2D eigenvalue weighted by Crippen LogP contribution is -2.37. The molecule has 0 saturated carbocycles. The molecular weight excluding hydrogens is 294 g/mol. The molecule has 0 aliphatic carbocycles. The van der Waals surface area contributed by atoms with E-state index in [0.717, 1.165) is 0 Å². The molecule has 0 atom stereocenters. The molecular formula is C21H26NSi+. The van der Waals surface area contributed by atoms with Crippen LogP contribution in [0.25, 0.3) is 22.0 Å². The third kappa shape index (κ3) is 2.96. The molecule has 1 heterocycles. The Labute approximate surface area is 140 Å². The van der Waals surface area contributed by atoms with Gasteiger partial charge in [0, 0.05) is 11.6 Å². The Morgan fingerprint density at radius 3 is 2.30 bits per heavy atom. The van der Waals surface area contributed by atoms with Crippen LogP contribution in [0.2, 0.25) is 19.6 Å². The quantitative estimate of drug-likeness (QED) is 0.484. The molecule has 23 heavy (non-hydrogen) atoms. The van der Waals surface area contributed by atoms with Gasteiger partial charge in [-0.15, -0.1) is 0 Å². The summed E-state index contributed by atoms with van der Waals surface area (Å²) in [5.41, 5.74) is 5.28. The fraction of sp³-hybridized carbons (Fsp3) is 0.286. The molecule has 0 aliphatic rings. The topological polar surface area (TPSA) is 3.88 Å². The summed E-state index contributed by atoms with van der Waals surface area (Å²) in [6.07, 6.45) is 2.19. The second-order valence-corrected chi connectivity index (χ2v) is 12.7. The van der Waals surface area contributed by atoms with Crippen molar-refractivity contribution in [1.29, 1.82) is 0 Å². The molecule has 0 unspecified atom stereocenters. The minimum absolute atomic E-state index is 1.29. The zero-order valence-corrected chi connectivity index (χ0v) is 16.1. The third-order valence-electron chi connectivity index (χ3n) is 4.65. The van der Waals surface area contributed by atoms with Gasteiger partial charge in [-0.3, -0.25) is 0 Å². The first-order chi connectivity index (χ1) is 10.8. The van der Waals surface area contributed by atoms with Crippen molar-refractivity contribution >= 4 is 24.0 Å². The second kappa shape index (κ2) is 5.61. The number of benzene rings is 2. The van der Waals surface area contributed by atoms with Gasteiger partial charge in [-0.25, -0.2) is 4.57 Å².